The van der Waals surface area contributed by atoms with E-state index in [1.54, 1.807) is 24.3 Å². The molecular weight excluding hydrogens is 308 g/mol. The molecule has 2 heterocycles. The van der Waals surface area contributed by atoms with Crippen LogP contribution in [0.4, 0.5) is 5.69 Å². The summed E-state index contributed by atoms with van der Waals surface area (Å²) in [4.78, 5) is 49.7. The van der Waals surface area contributed by atoms with E-state index >= 15 is 0 Å². The lowest BCUT2D eigenvalue weighted by molar-refractivity contribution is -0.134. The molecule has 6 heteroatoms. The number of rotatable bonds is 2. The molecule has 6 nitrogen and oxygen atoms in total. The molecule has 4 rings (SSSR count). The number of ketones is 1. The molecule has 0 radical (unpaired) electrons. The Hall–Kier alpha value is -3.02. The molecule has 2 aliphatic rings. The third-order valence-corrected chi connectivity index (χ3v) is 4.59. The van der Waals surface area contributed by atoms with Gasteiger partial charge in [0.05, 0.1) is 11.3 Å². The van der Waals surface area contributed by atoms with Crippen molar-refractivity contribution in [2.75, 3.05) is 4.90 Å². The molecule has 1 unspecified atom stereocenters. The number of Topliss-reactive ketones (excluding diaryl/α,β-unsaturated/α-hetero) is 1. The first-order chi connectivity index (χ1) is 11.5. The molecular formula is C18H14N2O4. The summed E-state index contributed by atoms with van der Waals surface area (Å²) in [6.45, 7) is 1.45. The molecule has 24 heavy (non-hydrogen) atoms. The molecule has 2 aromatic carbocycles. The van der Waals surface area contributed by atoms with Crippen LogP contribution in [0.2, 0.25) is 0 Å². The molecule has 0 bridgehead atoms. The maximum Gasteiger partial charge on any atom is 0.259 e. The van der Waals surface area contributed by atoms with Gasteiger partial charge in [-0.3, -0.25) is 29.4 Å². The van der Waals surface area contributed by atoms with Gasteiger partial charge in [0.25, 0.3) is 5.91 Å². The van der Waals surface area contributed by atoms with Gasteiger partial charge in [0, 0.05) is 17.4 Å². The maximum atomic E-state index is 12.9. The van der Waals surface area contributed by atoms with Crippen LogP contribution in [0.15, 0.2) is 30.3 Å². The third-order valence-electron chi connectivity index (χ3n) is 4.59. The summed E-state index contributed by atoms with van der Waals surface area (Å²) < 4.78 is 0. The Morgan fingerprint density at radius 2 is 2.00 bits per heavy atom. The summed E-state index contributed by atoms with van der Waals surface area (Å²) in [7, 11) is 0. The second-order valence-corrected chi connectivity index (χ2v) is 6.10. The van der Waals surface area contributed by atoms with Crippen molar-refractivity contribution in [3.63, 3.8) is 0 Å². The van der Waals surface area contributed by atoms with Crippen LogP contribution in [-0.2, 0) is 9.59 Å². The number of imide groups is 1. The molecule has 0 aromatic heterocycles. The molecule has 1 atom stereocenters. The SMILES string of the molecule is CC(=O)c1cc2c3c(cccc3c1)N(C1CCC(=O)NC1=O)C2=O. The number of hydrogen-bond acceptors (Lipinski definition) is 4. The molecule has 1 fully saturated rings. The Labute approximate surface area is 137 Å². The van der Waals surface area contributed by atoms with Gasteiger partial charge in [0.15, 0.2) is 5.78 Å². The topological polar surface area (TPSA) is 83.6 Å². The minimum absolute atomic E-state index is 0.120. The molecule has 0 spiro atoms. The standard InChI is InChI=1S/C18H14N2O4/c1-9(21)11-7-10-3-2-4-13-16(10)12(8-11)18(24)20(13)14-5-6-15(22)19-17(14)23/h2-4,7-8,14H,5-6H2,1H3,(H,19,22,23). The monoisotopic (exact) mass is 322 g/mol. The highest BCUT2D eigenvalue weighted by molar-refractivity contribution is 6.28. The van der Waals surface area contributed by atoms with Crippen molar-refractivity contribution in [3.8, 4) is 0 Å². The molecule has 1 N–H and O–H groups in total. The molecule has 3 amide bonds. The number of amides is 3. The van der Waals surface area contributed by atoms with Crippen LogP contribution in [0.1, 0.15) is 40.5 Å². The maximum absolute atomic E-state index is 12.9. The Morgan fingerprint density at radius 3 is 2.71 bits per heavy atom. The third kappa shape index (κ3) is 1.96. The minimum atomic E-state index is -0.714. The van der Waals surface area contributed by atoms with Crippen molar-refractivity contribution in [2.24, 2.45) is 0 Å². The van der Waals surface area contributed by atoms with E-state index in [1.807, 2.05) is 6.07 Å². The van der Waals surface area contributed by atoms with Crippen LogP contribution in [0.5, 0.6) is 0 Å². The van der Waals surface area contributed by atoms with Crippen molar-refractivity contribution in [2.45, 2.75) is 25.8 Å². The van der Waals surface area contributed by atoms with E-state index in [-0.39, 0.29) is 24.0 Å². The summed E-state index contributed by atoms with van der Waals surface area (Å²) in [5, 5.41) is 3.83. The summed E-state index contributed by atoms with van der Waals surface area (Å²) in [6, 6.07) is 8.05. The average Bonchev–Trinajstić information content (AvgIpc) is 2.82. The van der Waals surface area contributed by atoms with Gasteiger partial charge in [-0.15, -0.1) is 0 Å². The Bertz CT molecular complexity index is 947. The van der Waals surface area contributed by atoms with Crippen LogP contribution in [-0.4, -0.2) is 29.5 Å². The highest BCUT2D eigenvalue weighted by Crippen LogP contribution is 2.40. The highest BCUT2D eigenvalue weighted by atomic mass is 16.2. The predicted octanol–water partition coefficient (Wildman–Crippen LogP) is 1.81. The van der Waals surface area contributed by atoms with Crippen LogP contribution in [0.25, 0.3) is 10.8 Å². The molecule has 2 aromatic rings. The summed E-state index contributed by atoms with van der Waals surface area (Å²) in [5.74, 6) is -1.21. The lowest BCUT2D eigenvalue weighted by Gasteiger charge is -2.30. The first kappa shape index (κ1) is 14.6. The van der Waals surface area contributed by atoms with E-state index in [9.17, 15) is 19.2 Å². The smallest absolute Gasteiger partial charge is 0.259 e. The van der Waals surface area contributed by atoms with Gasteiger partial charge >= 0.3 is 0 Å². The number of carbonyl (C=O) groups is 4. The van der Waals surface area contributed by atoms with Gasteiger partial charge in [-0.25, -0.2) is 0 Å². The second kappa shape index (κ2) is 4.99. The van der Waals surface area contributed by atoms with Crippen molar-refractivity contribution in [3.05, 3.63) is 41.5 Å². The number of nitrogens with one attached hydrogen (secondary N) is 1. The lowest BCUT2D eigenvalue weighted by atomic mass is 10.00. The largest absolute Gasteiger partial charge is 0.295 e. The van der Waals surface area contributed by atoms with Crippen molar-refractivity contribution >= 4 is 40.0 Å². The zero-order valence-electron chi connectivity index (χ0n) is 13.0. The second-order valence-electron chi connectivity index (χ2n) is 6.10. The van der Waals surface area contributed by atoms with E-state index in [0.717, 1.165) is 10.8 Å². The van der Waals surface area contributed by atoms with Gasteiger partial charge in [0.2, 0.25) is 11.8 Å². The molecule has 0 aliphatic carbocycles. The number of nitrogens with zero attached hydrogens (tertiary/aromatic N) is 1. The summed E-state index contributed by atoms with van der Waals surface area (Å²) in [5.41, 5.74) is 1.54. The number of carbonyl (C=O) groups excluding carboxylic acids is 4. The van der Waals surface area contributed by atoms with Crippen LogP contribution in [0.3, 0.4) is 0 Å². The van der Waals surface area contributed by atoms with Gasteiger partial charge < -0.3 is 0 Å². The Morgan fingerprint density at radius 1 is 1.21 bits per heavy atom. The minimum Gasteiger partial charge on any atom is -0.295 e. The van der Waals surface area contributed by atoms with Gasteiger partial charge in [-0.05, 0) is 36.9 Å². The number of anilines is 1. The van der Waals surface area contributed by atoms with Gasteiger partial charge in [-0.2, -0.15) is 0 Å². The van der Waals surface area contributed by atoms with E-state index in [2.05, 4.69) is 5.32 Å². The quantitative estimate of drug-likeness (QED) is 0.675. The fraction of sp³-hybridized carbons (Fsp3) is 0.222. The summed E-state index contributed by atoms with van der Waals surface area (Å²) in [6.07, 6.45) is 0.492. The molecule has 2 aliphatic heterocycles. The normalized spacial score (nSPS) is 19.8. The van der Waals surface area contributed by atoms with Crippen LogP contribution >= 0.6 is 0 Å². The average molecular weight is 322 g/mol. The fourth-order valence-electron chi connectivity index (χ4n) is 3.46. The zero-order chi connectivity index (χ0) is 17.0. The van der Waals surface area contributed by atoms with Crippen molar-refractivity contribution < 1.29 is 19.2 Å². The fourth-order valence-corrected chi connectivity index (χ4v) is 3.46. The molecule has 120 valence electrons. The Balaban J connectivity index is 1.88. The highest BCUT2D eigenvalue weighted by Gasteiger charge is 2.40. The van der Waals surface area contributed by atoms with Crippen LogP contribution < -0.4 is 10.2 Å². The first-order valence-electron chi connectivity index (χ1n) is 7.72. The van der Waals surface area contributed by atoms with E-state index in [1.165, 1.54) is 11.8 Å². The Kier molecular flexibility index (Phi) is 3.03. The number of piperidine rings is 1. The van der Waals surface area contributed by atoms with Gasteiger partial charge in [-0.1, -0.05) is 12.1 Å². The first-order valence-corrected chi connectivity index (χ1v) is 7.72. The van der Waals surface area contributed by atoms with E-state index < -0.39 is 11.9 Å². The number of hydrogen-bond donors (Lipinski definition) is 1. The van der Waals surface area contributed by atoms with Gasteiger partial charge in [0.1, 0.15) is 6.04 Å². The van der Waals surface area contributed by atoms with E-state index in [0.29, 0.717) is 23.2 Å². The zero-order valence-corrected chi connectivity index (χ0v) is 13.0. The molecule has 0 saturated carbocycles. The molecule has 1 saturated heterocycles. The number of benzene rings is 2. The predicted molar refractivity (Wildman–Crippen MR) is 86.9 cm³/mol. The van der Waals surface area contributed by atoms with Crippen molar-refractivity contribution in [1.29, 1.82) is 0 Å². The lowest BCUT2D eigenvalue weighted by Crippen LogP contribution is -2.53. The summed E-state index contributed by atoms with van der Waals surface area (Å²) >= 11 is 0. The van der Waals surface area contributed by atoms with E-state index in [4.69, 9.17) is 0 Å². The van der Waals surface area contributed by atoms with Crippen molar-refractivity contribution in [1.82, 2.24) is 5.32 Å². The van der Waals surface area contributed by atoms with Crippen LogP contribution in [0, 0.1) is 0 Å².